The first-order valence-electron chi connectivity index (χ1n) is 9.72. The second kappa shape index (κ2) is 8.20. The summed E-state index contributed by atoms with van der Waals surface area (Å²) < 4.78 is 17.2. The third-order valence-corrected chi connectivity index (χ3v) is 6.09. The van der Waals surface area contributed by atoms with Crippen LogP contribution in [0.15, 0.2) is 41.6 Å². The zero-order chi connectivity index (χ0) is 20.5. The number of nitrogens with zero attached hydrogens (tertiary/aromatic N) is 3. The zero-order valence-electron chi connectivity index (χ0n) is 16.2. The molecule has 9 heteroatoms. The fourth-order valence-electron chi connectivity index (χ4n) is 3.29. The highest BCUT2D eigenvalue weighted by atomic mass is 35.5. The molecule has 0 unspecified atom stereocenters. The summed E-state index contributed by atoms with van der Waals surface area (Å²) in [7, 11) is 0. The predicted molar refractivity (Wildman–Crippen MR) is 115 cm³/mol. The van der Waals surface area contributed by atoms with E-state index in [2.05, 4.69) is 27.4 Å². The van der Waals surface area contributed by atoms with Crippen molar-refractivity contribution in [1.29, 1.82) is 0 Å². The number of nitrogens with one attached hydrogen (secondary N) is 1. The molecule has 5 rings (SSSR count). The molecule has 0 aliphatic carbocycles. The molecular formula is C21H19ClN4O3S. The average molecular weight is 443 g/mol. The van der Waals surface area contributed by atoms with Gasteiger partial charge in [-0.25, -0.2) is 0 Å². The fourth-order valence-corrected chi connectivity index (χ4v) is 4.41. The molecule has 0 radical (unpaired) electrons. The van der Waals surface area contributed by atoms with E-state index < -0.39 is 6.23 Å². The number of halogens is 1. The first-order chi connectivity index (χ1) is 14.7. The molecule has 2 aliphatic rings. The Morgan fingerprint density at radius 3 is 2.87 bits per heavy atom. The Morgan fingerprint density at radius 2 is 2.00 bits per heavy atom. The number of anilines is 1. The Kier molecular flexibility index (Phi) is 5.26. The molecule has 0 saturated carbocycles. The first kappa shape index (κ1) is 19.3. The lowest BCUT2D eigenvalue weighted by atomic mass is 10.1. The Labute approximate surface area is 183 Å². The van der Waals surface area contributed by atoms with E-state index in [1.54, 1.807) is 17.8 Å². The van der Waals surface area contributed by atoms with Crippen LogP contribution in [0.1, 0.15) is 31.6 Å². The Bertz CT molecular complexity index is 1100. The van der Waals surface area contributed by atoms with Crippen molar-refractivity contribution in [1.82, 2.24) is 15.2 Å². The first-order valence-corrected chi connectivity index (χ1v) is 11.1. The van der Waals surface area contributed by atoms with E-state index in [4.69, 9.17) is 25.8 Å². The van der Waals surface area contributed by atoms with Gasteiger partial charge in [-0.3, -0.25) is 0 Å². The molecule has 7 nitrogen and oxygen atoms in total. The molecule has 0 spiro atoms. The second-order valence-corrected chi connectivity index (χ2v) is 8.33. The van der Waals surface area contributed by atoms with Crippen molar-refractivity contribution in [2.24, 2.45) is 0 Å². The van der Waals surface area contributed by atoms with Crippen LogP contribution in [0, 0.1) is 0 Å². The Balaban J connectivity index is 1.56. The Morgan fingerprint density at radius 1 is 1.17 bits per heavy atom. The van der Waals surface area contributed by atoms with E-state index in [1.807, 2.05) is 30.3 Å². The van der Waals surface area contributed by atoms with Gasteiger partial charge in [0.05, 0.1) is 5.02 Å². The summed E-state index contributed by atoms with van der Waals surface area (Å²) in [5.74, 6) is 2.61. The Hall–Kier alpha value is -2.71. The van der Waals surface area contributed by atoms with Gasteiger partial charge in [-0.1, -0.05) is 54.9 Å². The van der Waals surface area contributed by atoms with Crippen LogP contribution in [0.3, 0.4) is 0 Å². The number of para-hydroxylation sites is 1. The lowest BCUT2D eigenvalue weighted by Crippen LogP contribution is -2.17. The van der Waals surface area contributed by atoms with Crippen LogP contribution in [0.2, 0.25) is 5.02 Å². The van der Waals surface area contributed by atoms with Crippen molar-refractivity contribution in [3.63, 3.8) is 0 Å². The van der Waals surface area contributed by atoms with Crippen LogP contribution in [0.4, 0.5) is 5.69 Å². The van der Waals surface area contributed by atoms with Crippen LogP contribution in [0.5, 0.6) is 17.4 Å². The SMILES string of the molecule is CCCCSc1nnc2c(n1)O[C@H](c1cc3c(cc1Cl)OCO3)Nc1ccccc1-2. The summed E-state index contributed by atoms with van der Waals surface area (Å²) in [6.45, 7) is 2.33. The normalized spacial score (nSPS) is 16.1. The molecule has 1 aromatic heterocycles. The number of thioether (sulfide) groups is 1. The molecule has 0 fully saturated rings. The van der Waals surface area contributed by atoms with Crippen molar-refractivity contribution in [2.45, 2.75) is 31.1 Å². The molecule has 30 heavy (non-hydrogen) atoms. The largest absolute Gasteiger partial charge is 0.454 e. The summed E-state index contributed by atoms with van der Waals surface area (Å²) in [5, 5.41) is 13.2. The topological polar surface area (TPSA) is 78.4 Å². The number of benzene rings is 2. The van der Waals surface area contributed by atoms with Crippen molar-refractivity contribution < 1.29 is 14.2 Å². The summed E-state index contributed by atoms with van der Waals surface area (Å²) >= 11 is 8.13. The van der Waals surface area contributed by atoms with E-state index in [0.717, 1.165) is 35.4 Å². The van der Waals surface area contributed by atoms with Gasteiger partial charge >= 0.3 is 0 Å². The maximum atomic E-state index is 6.56. The number of hydrogen-bond acceptors (Lipinski definition) is 8. The van der Waals surface area contributed by atoms with Crippen LogP contribution in [-0.2, 0) is 0 Å². The minimum atomic E-state index is -0.584. The van der Waals surface area contributed by atoms with E-state index in [-0.39, 0.29) is 6.79 Å². The summed E-state index contributed by atoms with van der Waals surface area (Å²) in [5.41, 5.74) is 3.05. The summed E-state index contributed by atoms with van der Waals surface area (Å²) in [4.78, 5) is 4.65. The molecule has 0 amide bonds. The standard InChI is InChI=1S/C21H19ClN4O3S/c1-2-3-8-30-21-24-20-18(25-26-21)12-6-4-5-7-15(12)23-19(29-20)13-9-16-17(10-14(13)22)28-11-27-16/h4-7,9-10,19,23H,2-3,8,11H2,1H3/t19-/m1/s1. The van der Waals surface area contributed by atoms with Gasteiger partial charge in [0.2, 0.25) is 17.8 Å². The minimum Gasteiger partial charge on any atom is -0.454 e. The summed E-state index contributed by atoms with van der Waals surface area (Å²) in [6.07, 6.45) is 1.62. The minimum absolute atomic E-state index is 0.176. The second-order valence-electron chi connectivity index (χ2n) is 6.86. The van der Waals surface area contributed by atoms with Crippen LogP contribution < -0.4 is 19.5 Å². The molecule has 3 heterocycles. The van der Waals surface area contributed by atoms with Crippen molar-refractivity contribution in [3.8, 4) is 28.6 Å². The molecule has 1 N–H and O–H groups in total. The van der Waals surface area contributed by atoms with Gasteiger partial charge in [0.15, 0.2) is 23.4 Å². The van der Waals surface area contributed by atoms with E-state index in [9.17, 15) is 0 Å². The number of rotatable bonds is 5. The molecule has 1 atom stereocenters. The van der Waals surface area contributed by atoms with E-state index >= 15 is 0 Å². The number of unbranched alkanes of at least 4 members (excludes halogenated alkanes) is 1. The average Bonchev–Trinajstić information content (AvgIpc) is 3.14. The predicted octanol–water partition coefficient (Wildman–Crippen LogP) is 5.32. The van der Waals surface area contributed by atoms with Crippen molar-refractivity contribution >= 4 is 29.1 Å². The molecule has 0 bridgehead atoms. The smallest absolute Gasteiger partial charge is 0.247 e. The summed E-state index contributed by atoms with van der Waals surface area (Å²) in [6, 6.07) is 11.4. The third kappa shape index (κ3) is 3.61. The zero-order valence-corrected chi connectivity index (χ0v) is 17.8. The molecule has 154 valence electrons. The highest BCUT2D eigenvalue weighted by molar-refractivity contribution is 7.99. The van der Waals surface area contributed by atoms with Gasteiger partial charge in [-0.2, -0.15) is 4.98 Å². The molecule has 0 saturated heterocycles. The number of fused-ring (bicyclic) bond motifs is 4. The maximum absolute atomic E-state index is 6.56. The lowest BCUT2D eigenvalue weighted by molar-refractivity contribution is 0.173. The van der Waals surface area contributed by atoms with Gasteiger partial charge in [-0.05, 0) is 18.6 Å². The van der Waals surface area contributed by atoms with E-state index in [1.165, 1.54) is 0 Å². The fraction of sp³-hybridized carbons (Fsp3) is 0.286. The van der Waals surface area contributed by atoms with Crippen LogP contribution in [0.25, 0.3) is 11.3 Å². The van der Waals surface area contributed by atoms with Crippen LogP contribution >= 0.6 is 23.4 Å². The lowest BCUT2D eigenvalue weighted by Gasteiger charge is -2.20. The molecule has 3 aromatic rings. The molecular weight excluding hydrogens is 424 g/mol. The van der Waals surface area contributed by atoms with E-state index in [0.29, 0.717) is 33.3 Å². The highest BCUT2D eigenvalue weighted by Crippen LogP contribution is 2.44. The monoisotopic (exact) mass is 442 g/mol. The van der Waals surface area contributed by atoms with Gasteiger partial charge < -0.3 is 19.5 Å². The van der Waals surface area contributed by atoms with Crippen LogP contribution in [-0.4, -0.2) is 27.7 Å². The molecule has 2 aromatic carbocycles. The highest BCUT2D eigenvalue weighted by Gasteiger charge is 2.29. The van der Waals surface area contributed by atoms with Gasteiger partial charge in [-0.15, -0.1) is 10.2 Å². The molecule has 2 aliphatic heterocycles. The number of hydrogen-bond donors (Lipinski definition) is 1. The maximum Gasteiger partial charge on any atom is 0.247 e. The number of ether oxygens (including phenoxy) is 3. The van der Waals surface area contributed by atoms with Gasteiger partial charge in [0, 0.05) is 28.6 Å². The van der Waals surface area contributed by atoms with Crippen molar-refractivity contribution in [2.75, 3.05) is 17.9 Å². The quantitative estimate of drug-likeness (QED) is 0.420. The van der Waals surface area contributed by atoms with Crippen molar-refractivity contribution in [3.05, 3.63) is 47.0 Å². The van der Waals surface area contributed by atoms with Gasteiger partial charge in [0.1, 0.15) is 0 Å². The van der Waals surface area contributed by atoms with Gasteiger partial charge in [0.25, 0.3) is 0 Å². The number of aromatic nitrogens is 3. The third-order valence-electron chi connectivity index (χ3n) is 4.84.